The zero-order valence-electron chi connectivity index (χ0n) is 9.50. The molecule has 0 aliphatic heterocycles. The molecule has 0 fully saturated rings. The summed E-state index contributed by atoms with van der Waals surface area (Å²) in [5.74, 6) is -1.61. The van der Waals surface area contributed by atoms with E-state index in [0.717, 1.165) is 0 Å². The van der Waals surface area contributed by atoms with Crippen LogP contribution in [0.15, 0.2) is 36.9 Å². The van der Waals surface area contributed by atoms with Crippen molar-refractivity contribution >= 4 is 29.2 Å². The maximum absolute atomic E-state index is 11.9. The second-order valence-electron chi connectivity index (χ2n) is 3.58. The van der Waals surface area contributed by atoms with Crippen molar-refractivity contribution in [2.75, 3.05) is 5.32 Å². The van der Waals surface area contributed by atoms with E-state index < -0.39 is 11.9 Å². The summed E-state index contributed by atoms with van der Waals surface area (Å²) in [6.45, 7) is 0. The third kappa shape index (κ3) is 3.05. The van der Waals surface area contributed by atoms with E-state index in [9.17, 15) is 9.59 Å². The van der Waals surface area contributed by atoms with E-state index in [1.165, 1.54) is 36.9 Å². The number of pyridine rings is 2. The minimum Gasteiger partial charge on any atom is -0.478 e. The number of hydrogen-bond acceptors (Lipinski definition) is 4. The van der Waals surface area contributed by atoms with Gasteiger partial charge >= 0.3 is 5.97 Å². The van der Waals surface area contributed by atoms with Gasteiger partial charge in [0.05, 0.1) is 28.0 Å². The Morgan fingerprint density at radius 1 is 1.21 bits per heavy atom. The van der Waals surface area contributed by atoms with Crippen molar-refractivity contribution in [2.24, 2.45) is 0 Å². The predicted octanol–water partition coefficient (Wildman–Crippen LogP) is 2.08. The maximum Gasteiger partial charge on any atom is 0.337 e. The summed E-state index contributed by atoms with van der Waals surface area (Å²) >= 11 is 5.86. The van der Waals surface area contributed by atoms with Crippen molar-refractivity contribution in [2.45, 2.75) is 0 Å². The standard InChI is InChI=1S/C12H8ClN3O3/c13-10-1-2-14-6-9(10)11(17)16-8-3-7(12(18)19)4-15-5-8/h1-6H,(H,16,17)(H,18,19). The summed E-state index contributed by atoms with van der Waals surface area (Å²) < 4.78 is 0. The van der Waals surface area contributed by atoms with Crippen LogP contribution < -0.4 is 5.32 Å². The number of nitrogens with one attached hydrogen (secondary N) is 1. The fraction of sp³-hybridized carbons (Fsp3) is 0. The first-order valence-corrected chi connectivity index (χ1v) is 5.55. The van der Waals surface area contributed by atoms with Crippen LogP contribution >= 0.6 is 11.6 Å². The first kappa shape index (κ1) is 13.0. The Hall–Kier alpha value is -2.47. The number of aromatic nitrogens is 2. The molecule has 0 atom stereocenters. The number of halogens is 1. The summed E-state index contributed by atoms with van der Waals surface area (Å²) in [5.41, 5.74) is 0.449. The van der Waals surface area contributed by atoms with Gasteiger partial charge in [-0.25, -0.2) is 4.79 Å². The van der Waals surface area contributed by atoms with Gasteiger partial charge in [-0.3, -0.25) is 14.8 Å². The first-order chi connectivity index (χ1) is 9.08. The Kier molecular flexibility index (Phi) is 3.72. The van der Waals surface area contributed by atoms with Crippen molar-refractivity contribution in [3.05, 3.63) is 53.1 Å². The van der Waals surface area contributed by atoms with E-state index in [-0.39, 0.29) is 21.8 Å². The van der Waals surface area contributed by atoms with Gasteiger partial charge in [0.15, 0.2) is 0 Å². The van der Waals surface area contributed by atoms with Gasteiger partial charge in [0.2, 0.25) is 0 Å². The van der Waals surface area contributed by atoms with Crippen LogP contribution in [-0.4, -0.2) is 27.0 Å². The van der Waals surface area contributed by atoms with E-state index in [1.54, 1.807) is 0 Å². The maximum atomic E-state index is 11.9. The lowest BCUT2D eigenvalue weighted by molar-refractivity contribution is 0.0696. The number of carbonyl (C=O) groups excluding carboxylic acids is 1. The van der Waals surface area contributed by atoms with Crippen LogP contribution in [0.25, 0.3) is 0 Å². The lowest BCUT2D eigenvalue weighted by atomic mass is 10.2. The van der Waals surface area contributed by atoms with Gasteiger partial charge in [-0.15, -0.1) is 0 Å². The highest BCUT2D eigenvalue weighted by Gasteiger charge is 2.12. The molecule has 1 amide bonds. The topological polar surface area (TPSA) is 92.2 Å². The molecular formula is C12H8ClN3O3. The molecule has 7 heteroatoms. The highest BCUT2D eigenvalue weighted by Crippen LogP contribution is 2.16. The van der Waals surface area contributed by atoms with Gasteiger partial charge in [-0.05, 0) is 12.1 Å². The van der Waals surface area contributed by atoms with Crippen LogP contribution in [0.2, 0.25) is 5.02 Å². The van der Waals surface area contributed by atoms with E-state index in [2.05, 4.69) is 15.3 Å². The van der Waals surface area contributed by atoms with Gasteiger partial charge in [-0.1, -0.05) is 11.6 Å². The minimum atomic E-state index is -1.12. The quantitative estimate of drug-likeness (QED) is 0.896. The SMILES string of the molecule is O=C(O)c1cncc(NC(=O)c2cnccc2Cl)c1. The van der Waals surface area contributed by atoms with Gasteiger partial charge in [-0.2, -0.15) is 0 Å². The summed E-state index contributed by atoms with van der Waals surface area (Å²) in [6, 6.07) is 2.79. The number of anilines is 1. The number of carboxylic acid groups (broad SMARTS) is 1. The summed E-state index contributed by atoms with van der Waals surface area (Å²) in [5, 5.41) is 11.6. The molecule has 2 aromatic rings. The number of hydrogen-bond donors (Lipinski definition) is 2. The number of carboxylic acids is 1. The van der Waals surface area contributed by atoms with Crippen LogP contribution in [0, 0.1) is 0 Å². The molecule has 0 aromatic carbocycles. The van der Waals surface area contributed by atoms with Crippen molar-refractivity contribution in [1.82, 2.24) is 9.97 Å². The molecule has 2 N–H and O–H groups in total. The average molecular weight is 278 g/mol. The Morgan fingerprint density at radius 2 is 2.00 bits per heavy atom. The van der Waals surface area contributed by atoms with Crippen LogP contribution in [0.3, 0.4) is 0 Å². The molecule has 2 rings (SSSR count). The Bertz CT molecular complexity index is 646. The van der Waals surface area contributed by atoms with Crippen LogP contribution in [0.5, 0.6) is 0 Å². The molecule has 96 valence electrons. The normalized spacial score (nSPS) is 9.95. The third-order valence-corrected chi connectivity index (χ3v) is 2.59. The number of carbonyl (C=O) groups is 2. The lowest BCUT2D eigenvalue weighted by Gasteiger charge is -2.06. The third-order valence-electron chi connectivity index (χ3n) is 2.26. The molecule has 0 aliphatic carbocycles. The van der Waals surface area contributed by atoms with E-state index in [4.69, 9.17) is 16.7 Å². The highest BCUT2D eigenvalue weighted by molar-refractivity contribution is 6.34. The minimum absolute atomic E-state index is 0.0184. The average Bonchev–Trinajstić information content (AvgIpc) is 2.39. The number of amides is 1. The van der Waals surface area contributed by atoms with E-state index >= 15 is 0 Å². The highest BCUT2D eigenvalue weighted by atomic mass is 35.5. The predicted molar refractivity (Wildman–Crippen MR) is 68.4 cm³/mol. The van der Waals surface area contributed by atoms with E-state index in [0.29, 0.717) is 0 Å². The largest absolute Gasteiger partial charge is 0.478 e. The van der Waals surface area contributed by atoms with Crippen LogP contribution in [0.1, 0.15) is 20.7 Å². The van der Waals surface area contributed by atoms with Crippen molar-refractivity contribution in [3.8, 4) is 0 Å². The monoisotopic (exact) mass is 277 g/mol. The Balaban J connectivity index is 2.22. The van der Waals surface area contributed by atoms with Gasteiger partial charge in [0.25, 0.3) is 5.91 Å². The Morgan fingerprint density at radius 3 is 2.68 bits per heavy atom. The summed E-state index contributed by atoms with van der Waals surface area (Å²) in [4.78, 5) is 30.2. The second-order valence-corrected chi connectivity index (χ2v) is 3.98. The Labute approximate surface area is 113 Å². The zero-order chi connectivity index (χ0) is 13.8. The molecule has 2 heterocycles. The van der Waals surface area contributed by atoms with Gasteiger partial charge < -0.3 is 10.4 Å². The molecule has 6 nitrogen and oxygen atoms in total. The molecule has 0 saturated carbocycles. The van der Waals surface area contributed by atoms with Crippen molar-refractivity contribution in [3.63, 3.8) is 0 Å². The smallest absolute Gasteiger partial charge is 0.337 e. The first-order valence-electron chi connectivity index (χ1n) is 5.17. The molecule has 0 saturated heterocycles. The number of aromatic carboxylic acids is 1. The van der Waals surface area contributed by atoms with Crippen molar-refractivity contribution in [1.29, 1.82) is 0 Å². The summed E-state index contributed by atoms with van der Waals surface area (Å²) in [7, 11) is 0. The molecule has 2 aromatic heterocycles. The molecule has 19 heavy (non-hydrogen) atoms. The number of nitrogens with zero attached hydrogens (tertiary/aromatic N) is 2. The molecule has 0 radical (unpaired) electrons. The second kappa shape index (κ2) is 5.45. The lowest BCUT2D eigenvalue weighted by Crippen LogP contribution is -2.13. The van der Waals surface area contributed by atoms with Crippen molar-refractivity contribution < 1.29 is 14.7 Å². The number of rotatable bonds is 3. The van der Waals surface area contributed by atoms with Gasteiger partial charge in [0.1, 0.15) is 0 Å². The fourth-order valence-electron chi connectivity index (χ4n) is 1.37. The van der Waals surface area contributed by atoms with Crippen LogP contribution in [0.4, 0.5) is 5.69 Å². The fourth-order valence-corrected chi connectivity index (χ4v) is 1.56. The summed E-state index contributed by atoms with van der Waals surface area (Å²) in [6.07, 6.45) is 5.32. The van der Waals surface area contributed by atoms with E-state index in [1.807, 2.05) is 0 Å². The van der Waals surface area contributed by atoms with Crippen LogP contribution in [-0.2, 0) is 0 Å². The molecule has 0 bridgehead atoms. The zero-order valence-corrected chi connectivity index (χ0v) is 10.3. The molecule has 0 spiro atoms. The molecule has 0 aliphatic rings. The molecular weight excluding hydrogens is 270 g/mol. The molecule has 0 unspecified atom stereocenters. The van der Waals surface area contributed by atoms with Gasteiger partial charge in [0, 0.05) is 18.6 Å².